The lowest BCUT2D eigenvalue weighted by molar-refractivity contribution is -0.0219. The molecule has 4 N–H and O–H groups in total. The van der Waals surface area contributed by atoms with Gasteiger partial charge in [-0.25, -0.2) is 4.79 Å². The highest BCUT2D eigenvalue weighted by atomic mass is 16.6. The van der Waals surface area contributed by atoms with Crippen LogP contribution in [0.15, 0.2) is 0 Å². The van der Waals surface area contributed by atoms with Gasteiger partial charge in [0.1, 0.15) is 12.7 Å². The first-order chi connectivity index (χ1) is 6.07. The molecule has 0 spiro atoms. The fourth-order valence-corrected chi connectivity index (χ4v) is 0.884. The molecule has 0 radical (unpaired) electrons. The number of rotatable bonds is 6. The molecule has 0 saturated heterocycles. The van der Waals surface area contributed by atoms with Gasteiger partial charge >= 0.3 is 6.09 Å². The first-order valence-corrected chi connectivity index (χ1v) is 4.36. The molecular weight excluding hydrogens is 174 g/mol. The van der Waals surface area contributed by atoms with Crippen LogP contribution in [0.1, 0.15) is 26.2 Å². The number of hydrogen-bond acceptors (Lipinski definition) is 4. The predicted molar refractivity (Wildman–Crippen MR) is 47.1 cm³/mol. The van der Waals surface area contributed by atoms with Crippen molar-refractivity contribution in [1.82, 2.24) is 0 Å². The van der Waals surface area contributed by atoms with E-state index in [1.54, 1.807) is 0 Å². The quantitative estimate of drug-likeness (QED) is 0.550. The Hall–Kier alpha value is -0.810. The predicted octanol–water partition coefficient (Wildman–Crippen LogP) is -0.00630. The van der Waals surface area contributed by atoms with Gasteiger partial charge in [0.05, 0.1) is 6.10 Å². The summed E-state index contributed by atoms with van der Waals surface area (Å²) in [7, 11) is 0. The van der Waals surface area contributed by atoms with E-state index in [1.165, 1.54) is 0 Å². The highest BCUT2D eigenvalue weighted by Crippen LogP contribution is 2.05. The molecule has 0 saturated carbocycles. The molecule has 0 aromatic heterocycles. The number of carbonyl (C=O) groups excluding carboxylic acids is 1. The van der Waals surface area contributed by atoms with Crippen molar-refractivity contribution >= 4 is 6.09 Å². The number of carbonyl (C=O) groups is 1. The summed E-state index contributed by atoms with van der Waals surface area (Å²) in [6.45, 7) is 1.74. The maximum absolute atomic E-state index is 10.1. The van der Waals surface area contributed by atoms with Gasteiger partial charge in [-0.15, -0.1) is 0 Å². The molecule has 2 unspecified atom stereocenters. The minimum atomic E-state index is -1.04. The average molecular weight is 191 g/mol. The third-order valence-corrected chi connectivity index (χ3v) is 1.69. The van der Waals surface area contributed by atoms with Crippen LogP contribution in [-0.4, -0.2) is 35.1 Å². The largest absolute Gasteiger partial charge is 0.447 e. The van der Waals surface area contributed by atoms with E-state index in [9.17, 15) is 15.0 Å². The van der Waals surface area contributed by atoms with Crippen molar-refractivity contribution in [1.29, 1.82) is 0 Å². The van der Waals surface area contributed by atoms with E-state index in [0.29, 0.717) is 6.42 Å². The van der Waals surface area contributed by atoms with Gasteiger partial charge < -0.3 is 20.7 Å². The monoisotopic (exact) mass is 191 g/mol. The zero-order valence-electron chi connectivity index (χ0n) is 7.77. The Kier molecular flexibility index (Phi) is 6.26. The van der Waals surface area contributed by atoms with Crippen molar-refractivity contribution in [2.75, 3.05) is 6.61 Å². The number of hydrogen-bond donors (Lipinski definition) is 3. The van der Waals surface area contributed by atoms with E-state index in [-0.39, 0.29) is 6.61 Å². The van der Waals surface area contributed by atoms with E-state index < -0.39 is 18.3 Å². The van der Waals surface area contributed by atoms with Gasteiger partial charge in [0, 0.05) is 0 Å². The van der Waals surface area contributed by atoms with Crippen molar-refractivity contribution in [3.8, 4) is 0 Å². The number of unbranched alkanes of at least 4 members (excludes halogenated alkanes) is 1. The summed E-state index contributed by atoms with van der Waals surface area (Å²) in [4.78, 5) is 10.1. The minimum Gasteiger partial charge on any atom is -0.447 e. The molecule has 0 fully saturated rings. The van der Waals surface area contributed by atoms with Crippen molar-refractivity contribution < 1.29 is 19.7 Å². The van der Waals surface area contributed by atoms with Crippen LogP contribution >= 0.6 is 0 Å². The van der Waals surface area contributed by atoms with Crippen LogP contribution in [-0.2, 0) is 4.74 Å². The van der Waals surface area contributed by atoms with Crippen molar-refractivity contribution in [2.45, 2.75) is 38.4 Å². The fraction of sp³-hybridized carbons (Fsp3) is 0.875. The Morgan fingerprint density at radius 1 is 1.46 bits per heavy atom. The second-order valence-electron chi connectivity index (χ2n) is 2.91. The second-order valence-corrected chi connectivity index (χ2v) is 2.91. The molecule has 0 aliphatic heterocycles. The van der Waals surface area contributed by atoms with Crippen LogP contribution in [0.5, 0.6) is 0 Å². The average Bonchev–Trinajstić information content (AvgIpc) is 2.10. The first kappa shape index (κ1) is 12.2. The van der Waals surface area contributed by atoms with Crippen LogP contribution in [0.25, 0.3) is 0 Å². The SMILES string of the molecule is CCCCC(O)C(O)COC(N)=O. The van der Waals surface area contributed by atoms with E-state index in [1.807, 2.05) is 6.92 Å². The molecule has 0 bridgehead atoms. The van der Waals surface area contributed by atoms with Gasteiger partial charge in [-0.3, -0.25) is 0 Å². The molecular formula is C8H17NO4. The highest BCUT2D eigenvalue weighted by Gasteiger charge is 2.16. The van der Waals surface area contributed by atoms with Gasteiger partial charge in [-0.1, -0.05) is 19.8 Å². The smallest absolute Gasteiger partial charge is 0.404 e. The number of amides is 1. The lowest BCUT2D eigenvalue weighted by atomic mass is 10.1. The number of aliphatic hydroxyl groups excluding tert-OH is 2. The van der Waals surface area contributed by atoms with Crippen molar-refractivity contribution in [3.63, 3.8) is 0 Å². The van der Waals surface area contributed by atoms with Crippen LogP contribution in [0.4, 0.5) is 4.79 Å². The maximum atomic E-state index is 10.1. The second kappa shape index (κ2) is 6.68. The van der Waals surface area contributed by atoms with Gasteiger partial charge in [-0.05, 0) is 6.42 Å². The Morgan fingerprint density at radius 2 is 2.08 bits per heavy atom. The molecule has 2 atom stereocenters. The molecule has 13 heavy (non-hydrogen) atoms. The Labute approximate surface area is 77.5 Å². The van der Waals surface area contributed by atoms with Gasteiger partial charge in [0.2, 0.25) is 0 Å². The number of primary amides is 1. The maximum Gasteiger partial charge on any atom is 0.404 e. The number of ether oxygens (including phenoxy) is 1. The molecule has 0 aliphatic carbocycles. The molecule has 78 valence electrons. The zero-order chi connectivity index (χ0) is 10.3. The fourth-order valence-electron chi connectivity index (χ4n) is 0.884. The zero-order valence-corrected chi connectivity index (χ0v) is 7.77. The normalized spacial score (nSPS) is 15.0. The number of aliphatic hydroxyl groups is 2. The topological polar surface area (TPSA) is 92.8 Å². The van der Waals surface area contributed by atoms with E-state index in [2.05, 4.69) is 10.5 Å². The first-order valence-electron chi connectivity index (χ1n) is 4.36. The Balaban J connectivity index is 3.56. The summed E-state index contributed by atoms with van der Waals surface area (Å²) in [5.74, 6) is 0. The van der Waals surface area contributed by atoms with E-state index in [4.69, 9.17) is 0 Å². The summed E-state index contributed by atoms with van der Waals surface area (Å²) in [5, 5.41) is 18.5. The summed E-state index contributed by atoms with van der Waals surface area (Å²) in [6.07, 6.45) is -0.560. The summed E-state index contributed by atoms with van der Waals surface area (Å²) in [5.41, 5.74) is 4.69. The minimum absolute atomic E-state index is 0.250. The molecule has 5 nitrogen and oxygen atoms in total. The van der Waals surface area contributed by atoms with Crippen molar-refractivity contribution in [3.05, 3.63) is 0 Å². The number of nitrogens with two attached hydrogens (primary N) is 1. The molecule has 0 aromatic rings. The van der Waals surface area contributed by atoms with Gasteiger partial charge in [0.25, 0.3) is 0 Å². The molecule has 5 heteroatoms. The summed E-state index contributed by atoms with van der Waals surface area (Å²) < 4.78 is 4.33. The Morgan fingerprint density at radius 3 is 2.54 bits per heavy atom. The molecule has 0 rings (SSSR count). The van der Waals surface area contributed by atoms with Crippen LogP contribution in [0, 0.1) is 0 Å². The van der Waals surface area contributed by atoms with E-state index in [0.717, 1.165) is 12.8 Å². The molecule has 0 heterocycles. The molecule has 0 aliphatic rings. The van der Waals surface area contributed by atoms with Gasteiger partial charge in [-0.2, -0.15) is 0 Å². The molecule has 1 amide bonds. The van der Waals surface area contributed by atoms with E-state index >= 15 is 0 Å². The van der Waals surface area contributed by atoms with Crippen LogP contribution < -0.4 is 5.73 Å². The van der Waals surface area contributed by atoms with Gasteiger partial charge in [0.15, 0.2) is 0 Å². The summed E-state index contributed by atoms with van der Waals surface area (Å²) >= 11 is 0. The summed E-state index contributed by atoms with van der Waals surface area (Å²) in [6, 6.07) is 0. The third-order valence-electron chi connectivity index (χ3n) is 1.69. The van der Waals surface area contributed by atoms with Crippen LogP contribution in [0.3, 0.4) is 0 Å². The molecule has 0 aromatic carbocycles. The standard InChI is InChI=1S/C8H17NO4/c1-2-3-4-6(10)7(11)5-13-8(9)12/h6-7,10-11H,2-5H2,1H3,(H2,9,12). The Bertz CT molecular complexity index is 151. The van der Waals surface area contributed by atoms with Crippen LogP contribution in [0.2, 0.25) is 0 Å². The van der Waals surface area contributed by atoms with Crippen molar-refractivity contribution in [2.24, 2.45) is 5.73 Å². The third kappa shape index (κ3) is 6.36. The lowest BCUT2D eigenvalue weighted by Crippen LogP contribution is -2.32. The highest BCUT2D eigenvalue weighted by molar-refractivity contribution is 5.64. The lowest BCUT2D eigenvalue weighted by Gasteiger charge is -2.16.